The lowest BCUT2D eigenvalue weighted by atomic mass is 10.2. The molecule has 1 saturated heterocycles. The zero-order chi connectivity index (χ0) is 14.7. The molecule has 0 bridgehead atoms. The Hall–Kier alpha value is -2.10. The van der Waals surface area contributed by atoms with Crippen molar-refractivity contribution in [3.05, 3.63) is 41.5 Å². The normalized spacial score (nSPS) is 15.6. The van der Waals surface area contributed by atoms with Crippen LogP contribution in [0.15, 0.2) is 35.9 Å². The molecule has 0 aliphatic carbocycles. The van der Waals surface area contributed by atoms with Crippen LogP contribution in [0.3, 0.4) is 0 Å². The van der Waals surface area contributed by atoms with E-state index in [-0.39, 0.29) is 0 Å². The van der Waals surface area contributed by atoms with Crippen molar-refractivity contribution in [3.63, 3.8) is 0 Å². The summed E-state index contributed by atoms with van der Waals surface area (Å²) in [4.78, 5) is 27.5. The second-order valence-corrected chi connectivity index (χ2v) is 5.33. The summed E-state index contributed by atoms with van der Waals surface area (Å²) in [6.45, 7) is 7.56. The van der Waals surface area contributed by atoms with Crippen molar-refractivity contribution in [2.24, 2.45) is 0 Å². The first-order valence-electron chi connectivity index (χ1n) is 6.80. The van der Waals surface area contributed by atoms with Crippen LogP contribution in [0.5, 0.6) is 0 Å². The number of aryl methyl sites for hydroxylation is 1. The molecule has 0 saturated carbocycles. The molecular weight excluding hydrogens is 252 g/mol. The van der Waals surface area contributed by atoms with E-state index in [4.69, 9.17) is 0 Å². The fourth-order valence-corrected chi connectivity index (χ4v) is 2.18. The smallest absolute Gasteiger partial charge is 0.316 e. The van der Waals surface area contributed by atoms with Crippen molar-refractivity contribution in [3.8, 4) is 0 Å². The van der Waals surface area contributed by atoms with Gasteiger partial charge in [-0.2, -0.15) is 0 Å². The topological polar surface area (TPSA) is 40.6 Å². The highest BCUT2D eigenvalue weighted by Gasteiger charge is 2.32. The number of hydrogen-bond donors (Lipinski definition) is 0. The summed E-state index contributed by atoms with van der Waals surface area (Å²) < 4.78 is 0. The van der Waals surface area contributed by atoms with Gasteiger partial charge in [0, 0.05) is 25.3 Å². The molecular formula is C16H20N2O2. The number of benzene rings is 1. The second-order valence-electron chi connectivity index (χ2n) is 5.33. The number of anilines is 1. The average molecular weight is 272 g/mol. The molecule has 0 N–H and O–H groups in total. The van der Waals surface area contributed by atoms with Crippen molar-refractivity contribution in [2.75, 3.05) is 24.5 Å². The molecule has 0 atom stereocenters. The number of carbonyl (C=O) groups excluding carboxylic acids is 2. The molecule has 106 valence electrons. The maximum Gasteiger partial charge on any atom is 0.316 e. The highest BCUT2D eigenvalue weighted by Crippen LogP contribution is 2.19. The molecule has 1 heterocycles. The summed E-state index contributed by atoms with van der Waals surface area (Å²) in [5.41, 5.74) is 3.02. The highest BCUT2D eigenvalue weighted by molar-refractivity contribution is 6.41. The third kappa shape index (κ3) is 3.07. The molecule has 2 amide bonds. The maximum atomic E-state index is 12.2. The summed E-state index contributed by atoms with van der Waals surface area (Å²) in [6, 6.07) is 7.67. The van der Waals surface area contributed by atoms with Crippen molar-refractivity contribution in [2.45, 2.75) is 20.8 Å². The van der Waals surface area contributed by atoms with Gasteiger partial charge in [-0.15, -0.1) is 0 Å². The number of piperazine rings is 1. The van der Waals surface area contributed by atoms with E-state index < -0.39 is 11.8 Å². The van der Waals surface area contributed by atoms with E-state index in [1.54, 1.807) is 9.80 Å². The van der Waals surface area contributed by atoms with Crippen LogP contribution in [0.2, 0.25) is 0 Å². The summed E-state index contributed by atoms with van der Waals surface area (Å²) in [5, 5.41) is 0. The number of hydrogen-bond acceptors (Lipinski definition) is 2. The van der Waals surface area contributed by atoms with Gasteiger partial charge in [-0.1, -0.05) is 23.8 Å². The van der Waals surface area contributed by atoms with Crippen molar-refractivity contribution in [1.82, 2.24) is 4.90 Å². The minimum absolute atomic E-state index is 0.421. The van der Waals surface area contributed by atoms with Crippen molar-refractivity contribution < 1.29 is 9.59 Å². The van der Waals surface area contributed by atoms with E-state index in [1.165, 1.54) is 0 Å². The number of carbonyl (C=O) groups is 2. The van der Waals surface area contributed by atoms with Gasteiger partial charge in [0.1, 0.15) is 0 Å². The van der Waals surface area contributed by atoms with Gasteiger partial charge in [0.2, 0.25) is 0 Å². The highest BCUT2D eigenvalue weighted by atomic mass is 16.2. The molecule has 2 rings (SSSR count). The van der Waals surface area contributed by atoms with Crippen molar-refractivity contribution >= 4 is 17.5 Å². The Labute approximate surface area is 119 Å². The maximum absolute atomic E-state index is 12.2. The predicted octanol–water partition coefficient (Wildman–Crippen LogP) is 2.14. The first-order chi connectivity index (χ1) is 9.49. The lowest BCUT2D eigenvalue weighted by Gasteiger charge is -2.33. The zero-order valence-electron chi connectivity index (χ0n) is 12.2. The monoisotopic (exact) mass is 272 g/mol. The van der Waals surface area contributed by atoms with E-state index in [0.29, 0.717) is 19.6 Å². The molecule has 1 aliphatic heterocycles. The Bertz CT molecular complexity index is 559. The lowest BCUT2D eigenvalue weighted by Crippen LogP contribution is -2.54. The van der Waals surface area contributed by atoms with Crippen LogP contribution in [0.4, 0.5) is 5.69 Å². The molecule has 1 aromatic carbocycles. The van der Waals surface area contributed by atoms with Crippen LogP contribution in [0.25, 0.3) is 0 Å². The molecule has 0 unspecified atom stereocenters. The van der Waals surface area contributed by atoms with Crippen LogP contribution in [-0.2, 0) is 9.59 Å². The summed E-state index contributed by atoms with van der Waals surface area (Å²) >= 11 is 0. The molecule has 0 aromatic heterocycles. The second kappa shape index (κ2) is 5.90. The molecule has 0 radical (unpaired) electrons. The Morgan fingerprint density at radius 1 is 1.20 bits per heavy atom. The van der Waals surface area contributed by atoms with Crippen LogP contribution >= 0.6 is 0 Å². The van der Waals surface area contributed by atoms with Gasteiger partial charge in [0.25, 0.3) is 0 Å². The SMILES string of the molecule is CC(C)=CCN1CCN(c2cccc(C)c2)C(=O)C1=O. The van der Waals surface area contributed by atoms with E-state index >= 15 is 0 Å². The minimum Gasteiger partial charge on any atom is -0.329 e. The van der Waals surface area contributed by atoms with Crippen LogP contribution < -0.4 is 4.90 Å². The van der Waals surface area contributed by atoms with E-state index in [1.807, 2.05) is 51.1 Å². The quantitative estimate of drug-likeness (QED) is 0.625. The number of rotatable bonds is 3. The van der Waals surface area contributed by atoms with E-state index in [2.05, 4.69) is 0 Å². The molecule has 1 fully saturated rings. The van der Waals surface area contributed by atoms with Crippen LogP contribution in [0.1, 0.15) is 19.4 Å². The van der Waals surface area contributed by atoms with Gasteiger partial charge < -0.3 is 9.80 Å². The number of nitrogens with zero attached hydrogens (tertiary/aromatic N) is 2. The van der Waals surface area contributed by atoms with E-state index in [9.17, 15) is 9.59 Å². The average Bonchev–Trinajstić information content (AvgIpc) is 2.40. The van der Waals surface area contributed by atoms with E-state index in [0.717, 1.165) is 16.8 Å². The first-order valence-corrected chi connectivity index (χ1v) is 6.80. The lowest BCUT2D eigenvalue weighted by molar-refractivity contribution is -0.145. The zero-order valence-corrected chi connectivity index (χ0v) is 12.2. The third-order valence-electron chi connectivity index (χ3n) is 3.34. The number of amides is 2. The predicted molar refractivity (Wildman–Crippen MR) is 79.5 cm³/mol. The molecule has 20 heavy (non-hydrogen) atoms. The Morgan fingerprint density at radius 2 is 1.95 bits per heavy atom. The Morgan fingerprint density at radius 3 is 2.60 bits per heavy atom. The Balaban J connectivity index is 2.13. The standard InChI is InChI=1S/C16H20N2O2/c1-12(2)7-8-17-9-10-18(16(20)15(17)19)14-6-4-5-13(3)11-14/h4-7,11H,8-10H2,1-3H3. The summed E-state index contributed by atoms with van der Waals surface area (Å²) in [5.74, 6) is -0.862. The van der Waals surface area contributed by atoms with Gasteiger partial charge in [-0.25, -0.2) is 0 Å². The van der Waals surface area contributed by atoms with Gasteiger partial charge in [0.05, 0.1) is 0 Å². The van der Waals surface area contributed by atoms with Gasteiger partial charge in [0.15, 0.2) is 0 Å². The van der Waals surface area contributed by atoms with Gasteiger partial charge in [-0.3, -0.25) is 9.59 Å². The Kier molecular flexibility index (Phi) is 4.23. The summed E-state index contributed by atoms with van der Waals surface area (Å²) in [7, 11) is 0. The molecule has 4 nitrogen and oxygen atoms in total. The molecule has 1 aromatic rings. The largest absolute Gasteiger partial charge is 0.329 e. The molecule has 1 aliphatic rings. The molecule has 0 spiro atoms. The van der Waals surface area contributed by atoms with Crippen LogP contribution in [0, 0.1) is 6.92 Å². The fourth-order valence-electron chi connectivity index (χ4n) is 2.18. The summed E-state index contributed by atoms with van der Waals surface area (Å²) in [6.07, 6.45) is 1.97. The fraction of sp³-hybridized carbons (Fsp3) is 0.375. The van der Waals surface area contributed by atoms with Gasteiger partial charge >= 0.3 is 11.8 Å². The molecule has 4 heteroatoms. The minimum atomic E-state index is -0.441. The third-order valence-corrected chi connectivity index (χ3v) is 3.34. The van der Waals surface area contributed by atoms with Gasteiger partial charge in [-0.05, 0) is 38.5 Å². The number of allylic oxidation sites excluding steroid dienone is 1. The van der Waals surface area contributed by atoms with Crippen molar-refractivity contribution in [1.29, 1.82) is 0 Å². The van der Waals surface area contributed by atoms with Crippen LogP contribution in [-0.4, -0.2) is 36.3 Å². The first kappa shape index (κ1) is 14.3.